The summed E-state index contributed by atoms with van der Waals surface area (Å²) < 4.78 is 15.2. The number of carbonyl (C=O) groups is 2. The summed E-state index contributed by atoms with van der Waals surface area (Å²) in [4.78, 5) is 26.4. The molecule has 0 fully saturated rings. The Morgan fingerprint density at radius 2 is 1.71 bits per heavy atom. The Kier molecular flexibility index (Phi) is 4.63. The van der Waals surface area contributed by atoms with Crippen LogP contribution in [0.2, 0.25) is 0 Å². The molecule has 0 spiro atoms. The lowest BCUT2D eigenvalue weighted by molar-refractivity contribution is 0.102. The number of aromatic nitrogens is 1. The third-order valence-electron chi connectivity index (χ3n) is 5.99. The fourth-order valence-electron chi connectivity index (χ4n) is 4.39. The van der Waals surface area contributed by atoms with E-state index in [-0.39, 0.29) is 17.4 Å². The van der Waals surface area contributed by atoms with Gasteiger partial charge in [-0.25, -0.2) is 4.39 Å². The van der Waals surface area contributed by atoms with Gasteiger partial charge in [-0.2, -0.15) is 0 Å². The summed E-state index contributed by atoms with van der Waals surface area (Å²) in [5.41, 5.74) is 6.07. The third-order valence-corrected chi connectivity index (χ3v) is 5.99. The Morgan fingerprint density at radius 1 is 0.968 bits per heavy atom. The number of aryl methyl sites for hydroxylation is 1. The molecule has 0 unspecified atom stereocenters. The van der Waals surface area contributed by atoms with Crippen molar-refractivity contribution in [3.63, 3.8) is 0 Å². The molecule has 31 heavy (non-hydrogen) atoms. The number of fused-ring (bicyclic) bond motifs is 2. The van der Waals surface area contributed by atoms with Gasteiger partial charge in [-0.1, -0.05) is 30.3 Å². The summed E-state index contributed by atoms with van der Waals surface area (Å²) in [5.74, 6) is -0.513. The first-order valence-corrected chi connectivity index (χ1v) is 10.3. The van der Waals surface area contributed by atoms with E-state index in [1.54, 1.807) is 0 Å². The number of ketones is 2. The SMILES string of the molecule is Cc1c(/C=C2/CCc3ccccc3C2=O)c2ccccn2c1C(=O)c1ccc(F)cc1. The molecule has 1 aliphatic carbocycles. The van der Waals surface area contributed by atoms with E-state index in [2.05, 4.69) is 0 Å². The van der Waals surface area contributed by atoms with Gasteiger partial charge < -0.3 is 4.40 Å². The van der Waals surface area contributed by atoms with E-state index in [9.17, 15) is 14.0 Å². The number of hydrogen-bond donors (Lipinski definition) is 0. The lowest BCUT2D eigenvalue weighted by atomic mass is 9.86. The standard InChI is InChI=1S/C27H20FNO2/c1-17-23(16-20-10-9-18-6-2-3-7-22(18)26(20)30)24-8-4-5-15-29(24)25(17)27(31)19-11-13-21(28)14-12-19/h2-8,11-16H,9-10H2,1H3/b20-16-. The first kappa shape index (κ1) is 19.2. The highest BCUT2D eigenvalue weighted by molar-refractivity contribution is 6.14. The minimum atomic E-state index is -0.380. The van der Waals surface area contributed by atoms with Crippen LogP contribution in [0.15, 0.2) is 78.5 Å². The van der Waals surface area contributed by atoms with E-state index in [0.717, 1.165) is 39.8 Å². The van der Waals surface area contributed by atoms with Gasteiger partial charge in [0, 0.05) is 28.5 Å². The Bertz CT molecular complexity index is 1380. The van der Waals surface area contributed by atoms with E-state index >= 15 is 0 Å². The van der Waals surface area contributed by atoms with Crippen LogP contribution < -0.4 is 0 Å². The lowest BCUT2D eigenvalue weighted by Crippen LogP contribution is -2.13. The molecule has 5 rings (SSSR count). The predicted molar refractivity (Wildman–Crippen MR) is 119 cm³/mol. The number of rotatable bonds is 3. The number of carbonyl (C=O) groups excluding carboxylic acids is 2. The molecule has 2 aromatic carbocycles. The normalized spacial score (nSPS) is 14.8. The second-order valence-electron chi connectivity index (χ2n) is 7.84. The number of allylic oxidation sites excluding steroid dienone is 1. The first-order chi connectivity index (χ1) is 15.0. The molecule has 2 heterocycles. The molecule has 1 aliphatic rings. The van der Waals surface area contributed by atoms with Gasteiger partial charge in [0.25, 0.3) is 0 Å². The van der Waals surface area contributed by atoms with Crippen LogP contribution in [-0.2, 0) is 6.42 Å². The van der Waals surface area contributed by atoms with Gasteiger partial charge in [-0.15, -0.1) is 0 Å². The summed E-state index contributed by atoms with van der Waals surface area (Å²) in [6, 6.07) is 19.0. The highest BCUT2D eigenvalue weighted by atomic mass is 19.1. The van der Waals surface area contributed by atoms with Crippen LogP contribution in [0.4, 0.5) is 4.39 Å². The number of benzene rings is 2. The van der Waals surface area contributed by atoms with E-state index in [1.165, 1.54) is 24.3 Å². The fourth-order valence-corrected chi connectivity index (χ4v) is 4.39. The highest BCUT2D eigenvalue weighted by Crippen LogP contribution is 2.31. The van der Waals surface area contributed by atoms with Crippen LogP contribution in [-0.4, -0.2) is 16.0 Å². The maximum atomic E-state index is 13.3. The van der Waals surface area contributed by atoms with Crippen molar-refractivity contribution in [1.29, 1.82) is 0 Å². The quantitative estimate of drug-likeness (QED) is 0.315. The number of hydrogen-bond acceptors (Lipinski definition) is 2. The highest BCUT2D eigenvalue weighted by Gasteiger charge is 2.24. The zero-order chi connectivity index (χ0) is 21.5. The fraction of sp³-hybridized carbons (Fsp3) is 0.111. The Balaban J connectivity index is 1.65. The van der Waals surface area contributed by atoms with Crippen molar-refractivity contribution in [2.24, 2.45) is 0 Å². The molecule has 0 N–H and O–H groups in total. The molecule has 4 heteroatoms. The Hall–Kier alpha value is -3.79. The summed E-state index contributed by atoms with van der Waals surface area (Å²) in [6.07, 6.45) is 5.27. The van der Waals surface area contributed by atoms with Crippen molar-refractivity contribution in [2.75, 3.05) is 0 Å². The topological polar surface area (TPSA) is 38.5 Å². The average molecular weight is 409 g/mol. The molecule has 0 saturated heterocycles. The number of pyridine rings is 1. The summed E-state index contributed by atoms with van der Waals surface area (Å²) in [5, 5.41) is 0. The van der Waals surface area contributed by atoms with Crippen molar-refractivity contribution in [3.05, 3.63) is 118 Å². The van der Waals surface area contributed by atoms with E-state index in [4.69, 9.17) is 0 Å². The maximum absolute atomic E-state index is 13.3. The third kappa shape index (κ3) is 3.21. The molecular formula is C27H20FNO2. The maximum Gasteiger partial charge on any atom is 0.210 e. The van der Waals surface area contributed by atoms with Gasteiger partial charge in [0.1, 0.15) is 5.82 Å². The van der Waals surface area contributed by atoms with Gasteiger partial charge in [0.15, 0.2) is 5.78 Å². The molecule has 0 bridgehead atoms. The summed E-state index contributed by atoms with van der Waals surface area (Å²) in [6.45, 7) is 1.90. The second-order valence-corrected chi connectivity index (χ2v) is 7.84. The molecule has 0 atom stereocenters. The van der Waals surface area contributed by atoms with Crippen molar-refractivity contribution in [2.45, 2.75) is 19.8 Å². The van der Waals surface area contributed by atoms with Crippen LogP contribution in [0.3, 0.4) is 0 Å². The van der Waals surface area contributed by atoms with Gasteiger partial charge in [-0.05, 0) is 73.4 Å². The van der Waals surface area contributed by atoms with Crippen LogP contribution in [0.5, 0.6) is 0 Å². The van der Waals surface area contributed by atoms with E-state index in [0.29, 0.717) is 17.7 Å². The van der Waals surface area contributed by atoms with E-state index in [1.807, 2.05) is 66.1 Å². The minimum absolute atomic E-state index is 0.0444. The molecule has 3 nitrogen and oxygen atoms in total. The van der Waals surface area contributed by atoms with Crippen LogP contribution in [0, 0.1) is 12.7 Å². The van der Waals surface area contributed by atoms with Crippen molar-refractivity contribution in [3.8, 4) is 0 Å². The molecular weight excluding hydrogens is 389 g/mol. The predicted octanol–water partition coefficient (Wildman–Crippen LogP) is 5.83. The second kappa shape index (κ2) is 7.47. The van der Waals surface area contributed by atoms with Crippen LogP contribution >= 0.6 is 0 Å². The number of halogens is 1. The zero-order valence-corrected chi connectivity index (χ0v) is 17.1. The lowest BCUT2D eigenvalue weighted by Gasteiger charge is -2.17. The van der Waals surface area contributed by atoms with Crippen LogP contribution in [0.25, 0.3) is 11.6 Å². The van der Waals surface area contributed by atoms with E-state index < -0.39 is 0 Å². The molecule has 0 radical (unpaired) electrons. The molecule has 0 aliphatic heterocycles. The van der Waals surface area contributed by atoms with Crippen molar-refractivity contribution < 1.29 is 14.0 Å². The first-order valence-electron chi connectivity index (χ1n) is 10.3. The van der Waals surface area contributed by atoms with Crippen molar-refractivity contribution in [1.82, 2.24) is 4.40 Å². The number of Topliss-reactive ketones (excluding diaryl/α,β-unsaturated/α-hetero) is 1. The van der Waals surface area contributed by atoms with Crippen molar-refractivity contribution >= 4 is 23.2 Å². The zero-order valence-electron chi connectivity index (χ0n) is 17.1. The summed E-state index contributed by atoms with van der Waals surface area (Å²) in [7, 11) is 0. The number of nitrogens with zero attached hydrogens (tertiary/aromatic N) is 1. The van der Waals surface area contributed by atoms with Gasteiger partial charge in [-0.3, -0.25) is 9.59 Å². The molecule has 4 aromatic rings. The smallest absolute Gasteiger partial charge is 0.210 e. The average Bonchev–Trinajstić information content (AvgIpc) is 3.07. The van der Waals surface area contributed by atoms with Gasteiger partial charge in [0.05, 0.1) is 11.2 Å². The monoisotopic (exact) mass is 409 g/mol. The Labute approximate surface area is 179 Å². The van der Waals surface area contributed by atoms with Gasteiger partial charge >= 0.3 is 0 Å². The van der Waals surface area contributed by atoms with Crippen LogP contribution in [0.1, 0.15) is 49.5 Å². The largest absolute Gasteiger partial charge is 0.313 e. The minimum Gasteiger partial charge on any atom is -0.313 e. The summed E-state index contributed by atoms with van der Waals surface area (Å²) >= 11 is 0. The van der Waals surface area contributed by atoms with Gasteiger partial charge in [0.2, 0.25) is 5.78 Å². The Morgan fingerprint density at radius 3 is 2.52 bits per heavy atom. The molecule has 2 aromatic heterocycles. The molecule has 0 amide bonds. The molecule has 0 saturated carbocycles. The molecule has 152 valence electrons.